The molecule has 0 saturated heterocycles. The molecule has 1 aromatic heterocycles. The first kappa shape index (κ1) is 9.02. The summed E-state index contributed by atoms with van der Waals surface area (Å²) in [5, 5.41) is 10.7. The Morgan fingerprint density at radius 1 is 1.31 bits per heavy atom. The number of halogens is 2. The highest BCUT2D eigenvalue weighted by Crippen LogP contribution is 2.24. The van der Waals surface area contributed by atoms with Crippen LogP contribution in [0.1, 0.15) is 0 Å². The van der Waals surface area contributed by atoms with Crippen LogP contribution >= 0.6 is 34.2 Å². The first-order valence-corrected chi connectivity index (χ1v) is 5.07. The summed E-state index contributed by atoms with van der Waals surface area (Å²) in [6.07, 6.45) is 0. The highest BCUT2D eigenvalue weighted by molar-refractivity contribution is 14.1. The van der Waals surface area contributed by atoms with Crippen LogP contribution in [-0.4, -0.2) is 10.1 Å². The largest absolute Gasteiger partial charge is 0.508 e. The summed E-state index contributed by atoms with van der Waals surface area (Å²) in [7, 11) is 0. The van der Waals surface area contributed by atoms with Crippen LogP contribution in [0.5, 0.6) is 5.75 Å². The summed E-state index contributed by atoms with van der Waals surface area (Å²) < 4.78 is 0.775. The van der Waals surface area contributed by atoms with Crippen molar-refractivity contribution in [1.82, 2.24) is 4.98 Å². The average molecular weight is 306 g/mol. The van der Waals surface area contributed by atoms with Gasteiger partial charge in [0.1, 0.15) is 9.45 Å². The molecule has 0 atom stereocenters. The first-order valence-electron chi connectivity index (χ1n) is 3.61. The van der Waals surface area contributed by atoms with Crippen LogP contribution in [0.2, 0.25) is 5.02 Å². The number of benzene rings is 1. The van der Waals surface area contributed by atoms with Gasteiger partial charge in [-0.2, -0.15) is 0 Å². The van der Waals surface area contributed by atoms with Gasteiger partial charge in [0.25, 0.3) is 0 Å². The Labute approximate surface area is 93.7 Å². The lowest BCUT2D eigenvalue weighted by atomic mass is 10.2. The highest BCUT2D eigenvalue weighted by atomic mass is 127. The van der Waals surface area contributed by atoms with E-state index in [4.69, 9.17) is 11.6 Å². The van der Waals surface area contributed by atoms with Crippen molar-refractivity contribution in [3.05, 3.63) is 33.0 Å². The maximum absolute atomic E-state index is 9.22. The molecule has 0 bridgehead atoms. The summed E-state index contributed by atoms with van der Waals surface area (Å²) in [6, 6.07) is 6.82. The lowest BCUT2D eigenvalue weighted by Gasteiger charge is -2.00. The van der Waals surface area contributed by atoms with Crippen molar-refractivity contribution in [1.29, 1.82) is 0 Å². The second-order valence-corrected chi connectivity index (χ2v) is 4.07. The number of hydrogen-bond donors (Lipinski definition) is 1. The van der Waals surface area contributed by atoms with Gasteiger partial charge in [0.05, 0.1) is 10.5 Å². The third-order valence-corrected chi connectivity index (χ3v) is 3.14. The SMILES string of the molecule is Oc1ccc2nc(I)c(Cl)cc2c1. The predicted octanol–water partition coefficient (Wildman–Crippen LogP) is 3.20. The molecule has 1 heterocycles. The van der Waals surface area contributed by atoms with E-state index in [0.29, 0.717) is 5.02 Å². The summed E-state index contributed by atoms with van der Waals surface area (Å²) in [4.78, 5) is 4.26. The summed E-state index contributed by atoms with van der Waals surface area (Å²) >= 11 is 7.96. The van der Waals surface area contributed by atoms with Crippen LogP contribution in [0, 0.1) is 3.70 Å². The molecule has 0 aliphatic carbocycles. The van der Waals surface area contributed by atoms with E-state index >= 15 is 0 Å². The van der Waals surface area contributed by atoms with Crippen molar-refractivity contribution in [3.8, 4) is 5.75 Å². The molecule has 0 amide bonds. The summed E-state index contributed by atoms with van der Waals surface area (Å²) in [5.74, 6) is 0.228. The minimum Gasteiger partial charge on any atom is -0.508 e. The number of pyridine rings is 1. The third kappa shape index (κ3) is 1.71. The van der Waals surface area contributed by atoms with Crippen LogP contribution in [0.3, 0.4) is 0 Å². The fraction of sp³-hybridized carbons (Fsp3) is 0. The zero-order valence-electron chi connectivity index (χ0n) is 6.46. The van der Waals surface area contributed by atoms with E-state index in [1.807, 2.05) is 0 Å². The van der Waals surface area contributed by atoms with Crippen molar-refractivity contribution in [2.45, 2.75) is 0 Å². The molecule has 66 valence electrons. The smallest absolute Gasteiger partial charge is 0.120 e. The number of aromatic nitrogens is 1. The first-order chi connectivity index (χ1) is 6.16. The van der Waals surface area contributed by atoms with E-state index in [0.717, 1.165) is 14.6 Å². The Hall–Kier alpha value is -0.550. The lowest BCUT2D eigenvalue weighted by molar-refractivity contribution is 0.476. The fourth-order valence-corrected chi connectivity index (χ4v) is 1.69. The topological polar surface area (TPSA) is 33.1 Å². The number of phenols is 1. The molecule has 0 fully saturated rings. The van der Waals surface area contributed by atoms with E-state index in [-0.39, 0.29) is 5.75 Å². The minimum atomic E-state index is 0.228. The van der Waals surface area contributed by atoms with Gasteiger partial charge in [0, 0.05) is 5.39 Å². The Bertz CT molecular complexity index is 472. The highest BCUT2D eigenvalue weighted by Gasteiger charge is 2.02. The molecule has 0 spiro atoms. The zero-order chi connectivity index (χ0) is 9.42. The minimum absolute atomic E-state index is 0.228. The molecule has 2 nitrogen and oxygen atoms in total. The Kier molecular flexibility index (Phi) is 2.29. The molecule has 2 aromatic rings. The molecular formula is C9H5ClINO. The Morgan fingerprint density at radius 2 is 2.08 bits per heavy atom. The maximum atomic E-state index is 9.22. The van der Waals surface area contributed by atoms with Gasteiger partial charge in [-0.25, -0.2) is 4.98 Å². The summed E-state index contributed by atoms with van der Waals surface area (Å²) in [6.45, 7) is 0. The lowest BCUT2D eigenvalue weighted by Crippen LogP contribution is -1.84. The van der Waals surface area contributed by atoms with Crippen LogP contribution in [0.4, 0.5) is 0 Å². The second-order valence-electron chi connectivity index (χ2n) is 2.64. The standard InChI is InChI=1S/C9H5ClINO/c10-7-4-5-3-6(13)1-2-8(5)12-9(7)11/h1-4,13H. The Balaban J connectivity index is 2.81. The van der Waals surface area contributed by atoms with Gasteiger partial charge < -0.3 is 5.11 Å². The number of rotatable bonds is 0. The van der Waals surface area contributed by atoms with E-state index in [1.165, 1.54) is 0 Å². The number of fused-ring (bicyclic) bond motifs is 1. The van der Waals surface area contributed by atoms with E-state index < -0.39 is 0 Å². The number of phenolic OH excluding ortho intramolecular Hbond substituents is 1. The number of aromatic hydroxyl groups is 1. The molecular weight excluding hydrogens is 300 g/mol. The van der Waals surface area contributed by atoms with Crippen molar-refractivity contribution in [2.75, 3.05) is 0 Å². The molecule has 1 aromatic carbocycles. The summed E-state index contributed by atoms with van der Waals surface area (Å²) in [5.41, 5.74) is 0.839. The van der Waals surface area contributed by atoms with Gasteiger partial charge in [-0.15, -0.1) is 0 Å². The van der Waals surface area contributed by atoms with Crippen molar-refractivity contribution in [3.63, 3.8) is 0 Å². The molecule has 0 unspecified atom stereocenters. The molecule has 0 radical (unpaired) electrons. The molecule has 1 N–H and O–H groups in total. The second kappa shape index (κ2) is 3.31. The number of hydrogen-bond acceptors (Lipinski definition) is 2. The fourth-order valence-electron chi connectivity index (χ4n) is 1.11. The van der Waals surface area contributed by atoms with Gasteiger partial charge in [-0.05, 0) is 46.9 Å². The molecule has 0 saturated carbocycles. The van der Waals surface area contributed by atoms with E-state index in [1.54, 1.807) is 24.3 Å². The van der Waals surface area contributed by atoms with E-state index in [2.05, 4.69) is 27.6 Å². The monoisotopic (exact) mass is 305 g/mol. The maximum Gasteiger partial charge on any atom is 0.120 e. The van der Waals surface area contributed by atoms with Gasteiger partial charge in [0.15, 0.2) is 0 Å². The normalized spacial score (nSPS) is 10.6. The quantitative estimate of drug-likeness (QED) is 0.599. The molecule has 0 aliphatic heterocycles. The van der Waals surface area contributed by atoms with Crippen molar-refractivity contribution >= 4 is 45.1 Å². The molecule has 2 rings (SSSR count). The molecule has 0 aliphatic rings. The molecule has 4 heteroatoms. The van der Waals surface area contributed by atoms with Crippen LogP contribution in [0.15, 0.2) is 24.3 Å². The average Bonchev–Trinajstić information content (AvgIpc) is 2.08. The van der Waals surface area contributed by atoms with Crippen LogP contribution in [0.25, 0.3) is 10.9 Å². The van der Waals surface area contributed by atoms with E-state index in [9.17, 15) is 5.11 Å². The number of nitrogens with zero attached hydrogens (tertiary/aromatic N) is 1. The third-order valence-electron chi connectivity index (χ3n) is 1.71. The zero-order valence-corrected chi connectivity index (χ0v) is 9.37. The van der Waals surface area contributed by atoms with Gasteiger partial charge in [0.2, 0.25) is 0 Å². The van der Waals surface area contributed by atoms with Crippen LogP contribution in [-0.2, 0) is 0 Å². The van der Waals surface area contributed by atoms with Gasteiger partial charge in [-0.3, -0.25) is 0 Å². The van der Waals surface area contributed by atoms with Crippen LogP contribution < -0.4 is 0 Å². The van der Waals surface area contributed by atoms with Gasteiger partial charge in [-0.1, -0.05) is 11.6 Å². The molecule has 13 heavy (non-hydrogen) atoms. The predicted molar refractivity (Wildman–Crippen MR) is 61.1 cm³/mol. The Morgan fingerprint density at radius 3 is 2.85 bits per heavy atom. The van der Waals surface area contributed by atoms with Crippen molar-refractivity contribution in [2.24, 2.45) is 0 Å². The van der Waals surface area contributed by atoms with Gasteiger partial charge >= 0.3 is 0 Å². The van der Waals surface area contributed by atoms with Crippen molar-refractivity contribution < 1.29 is 5.11 Å².